The zero-order valence-electron chi connectivity index (χ0n) is 4.65. The Morgan fingerprint density at radius 2 is 2.50 bits per heavy atom. The van der Waals surface area contributed by atoms with Crippen molar-refractivity contribution in [3.63, 3.8) is 0 Å². The van der Waals surface area contributed by atoms with Crippen LogP contribution in [0.15, 0.2) is 0 Å². The van der Waals surface area contributed by atoms with E-state index in [4.69, 9.17) is 5.26 Å². The van der Waals surface area contributed by atoms with Gasteiger partial charge in [-0.2, -0.15) is 5.26 Å². The van der Waals surface area contributed by atoms with E-state index in [-0.39, 0.29) is 6.04 Å². The van der Waals surface area contributed by atoms with Crippen LogP contribution in [0.5, 0.6) is 0 Å². The average molecular weight is 111 g/mol. The molecule has 0 amide bonds. The van der Waals surface area contributed by atoms with Gasteiger partial charge in [0.05, 0.1) is 12.1 Å². The molecule has 0 aromatic heterocycles. The van der Waals surface area contributed by atoms with Gasteiger partial charge in [-0.15, -0.1) is 0 Å². The minimum absolute atomic E-state index is 0.0799. The Morgan fingerprint density at radius 3 is 2.88 bits per heavy atom. The van der Waals surface area contributed by atoms with Crippen molar-refractivity contribution in [3.8, 4) is 6.07 Å². The van der Waals surface area contributed by atoms with Crippen molar-refractivity contribution in [3.05, 3.63) is 0 Å². The van der Waals surface area contributed by atoms with Crippen molar-refractivity contribution in [1.82, 2.24) is 10.6 Å². The van der Waals surface area contributed by atoms with Crippen LogP contribution in [0.3, 0.4) is 0 Å². The summed E-state index contributed by atoms with van der Waals surface area (Å²) in [6.45, 7) is 1.74. The number of nitrogens with zero attached hydrogens (tertiary/aromatic N) is 1. The van der Waals surface area contributed by atoms with Gasteiger partial charge >= 0.3 is 0 Å². The summed E-state index contributed by atoms with van der Waals surface area (Å²) in [5, 5.41) is 14.4. The molecule has 0 aliphatic carbocycles. The lowest BCUT2D eigenvalue weighted by atomic mass is 10.2. The van der Waals surface area contributed by atoms with Crippen LogP contribution in [0.4, 0.5) is 0 Å². The highest BCUT2D eigenvalue weighted by Gasteiger charge is 2.08. The van der Waals surface area contributed by atoms with E-state index in [0.29, 0.717) is 0 Å². The van der Waals surface area contributed by atoms with E-state index >= 15 is 0 Å². The maximum Gasteiger partial charge on any atom is 0.0974 e. The van der Waals surface area contributed by atoms with Gasteiger partial charge < -0.3 is 5.32 Å². The van der Waals surface area contributed by atoms with Crippen LogP contribution in [0.25, 0.3) is 0 Å². The molecule has 2 N–H and O–H groups in total. The van der Waals surface area contributed by atoms with Gasteiger partial charge in [-0.25, -0.2) is 0 Å². The molecule has 1 rings (SSSR count). The second-order valence-electron chi connectivity index (χ2n) is 1.85. The molecule has 1 atom stereocenters. The quantitative estimate of drug-likeness (QED) is 0.439. The molecule has 1 fully saturated rings. The maximum atomic E-state index is 8.35. The van der Waals surface area contributed by atoms with Crippen molar-refractivity contribution in [1.29, 1.82) is 5.26 Å². The molecule has 0 radical (unpaired) electrons. The lowest BCUT2D eigenvalue weighted by molar-refractivity contribution is 0.443. The summed E-state index contributed by atoms with van der Waals surface area (Å²) >= 11 is 0. The highest BCUT2D eigenvalue weighted by atomic mass is 15.1. The van der Waals surface area contributed by atoms with Gasteiger partial charge in [-0.05, 0) is 13.0 Å². The number of nitriles is 1. The summed E-state index contributed by atoms with van der Waals surface area (Å²) < 4.78 is 0. The van der Waals surface area contributed by atoms with Crippen LogP contribution in [0.2, 0.25) is 0 Å². The summed E-state index contributed by atoms with van der Waals surface area (Å²) in [6.07, 6.45) is 0.927. The molecule has 1 aliphatic rings. The fourth-order valence-corrected chi connectivity index (χ4v) is 0.742. The second kappa shape index (κ2) is 2.65. The SMILES string of the molecule is N#C[C@@H]1CCNCN1. The first kappa shape index (κ1) is 5.54. The summed E-state index contributed by atoms with van der Waals surface area (Å²) in [5.41, 5.74) is 0. The van der Waals surface area contributed by atoms with Gasteiger partial charge in [0.2, 0.25) is 0 Å². The zero-order valence-corrected chi connectivity index (χ0v) is 4.65. The van der Waals surface area contributed by atoms with E-state index < -0.39 is 0 Å². The predicted molar refractivity (Wildman–Crippen MR) is 30.0 cm³/mol. The lowest BCUT2D eigenvalue weighted by Crippen LogP contribution is -2.43. The Balaban J connectivity index is 2.25. The Labute approximate surface area is 48.7 Å². The van der Waals surface area contributed by atoms with Gasteiger partial charge in [0, 0.05) is 6.67 Å². The molecule has 1 saturated heterocycles. The Bertz CT molecular complexity index is 98.7. The smallest absolute Gasteiger partial charge is 0.0974 e. The first-order valence-electron chi connectivity index (χ1n) is 2.77. The summed E-state index contributed by atoms with van der Waals surface area (Å²) in [5.74, 6) is 0. The summed E-state index contributed by atoms with van der Waals surface area (Å²) in [4.78, 5) is 0. The first-order valence-corrected chi connectivity index (χ1v) is 2.77. The van der Waals surface area contributed by atoms with Gasteiger partial charge in [0.15, 0.2) is 0 Å². The van der Waals surface area contributed by atoms with E-state index in [9.17, 15) is 0 Å². The normalized spacial score (nSPS) is 29.1. The molecule has 0 aromatic rings. The molecule has 0 saturated carbocycles. The Morgan fingerprint density at radius 1 is 1.62 bits per heavy atom. The third-order valence-corrected chi connectivity index (χ3v) is 1.24. The number of hydrogen-bond acceptors (Lipinski definition) is 3. The second-order valence-corrected chi connectivity index (χ2v) is 1.85. The van der Waals surface area contributed by atoms with Crippen molar-refractivity contribution in [2.45, 2.75) is 12.5 Å². The third kappa shape index (κ3) is 1.19. The van der Waals surface area contributed by atoms with Crippen LogP contribution in [-0.2, 0) is 0 Å². The monoisotopic (exact) mass is 111 g/mol. The number of rotatable bonds is 0. The maximum absolute atomic E-state index is 8.35. The van der Waals surface area contributed by atoms with Gasteiger partial charge in [-0.3, -0.25) is 5.32 Å². The van der Waals surface area contributed by atoms with Gasteiger partial charge in [0.1, 0.15) is 0 Å². The van der Waals surface area contributed by atoms with E-state index in [2.05, 4.69) is 16.7 Å². The molecular weight excluding hydrogens is 102 g/mol. The van der Waals surface area contributed by atoms with Crippen molar-refractivity contribution in [2.75, 3.05) is 13.2 Å². The fraction of sp³-hybridized carbons (Fsp3) is 0.800. The number of nitrogens with one attached hydrogen (secondary N) is 2. The molecule has 1 aliphatic heterocycles. The molecule has 8 heavy (non-hydrogen) atoms. The first-order chi connectivity index (χ1) is 3.93. The Hall–Kier alpha value is -0.590. The average Bonchev–Trinajstić information content (AvgIpc) is 1.90. The standard InChI is InChI=1S/C5H9N3/c6-3-5-1-2-7-4-8-5/h5,7-8H,1-2,4H2/t5-/m0/s1. The number of hydrogen-bond donors (Lipinski definition) is 2. The van der Waals surface area contributed by atoms with E-state index in [1.54, 1.807) is 0 Å². The van der Waals surface area contributed by atoms with Crippen molar-refractivity contribution in [2.24, 2.45) is 0 Å². The summed E-state index contributed by atoms with van der Waals surface area (Å²) in [7, 11) is 0. The van der Waals surface area contributed by atoms with Crippen LogP contribution in [0, 0.1) is 11.3 Å². The minimum atomic E-state index is 0.0799. The molecule has 1 heterocycles. The summed E-state index contributed by atoms with van der Waals surface area (Å²) in [6, 6.07) is 2.23. The minimum Gasteiger partial charge on any atom is -0.304 e. The van der Waals surface area contributed by atoms with E-state index in [0.717, 1.165) is 19.6 Å². The highest BCUT2D eigenvalue weighted by molar-refractivity contribution is 4.91. The van der Waals surface area contributed by atoms with Gasteiger partial charge in [0.25, 0.3) is 0 Å². The molecule has 0 unspecified atom stereocenters. The van der Waals surface area contributed by atoms with Crippen LogP contribution < -0.4 is 10.6 Å². The molecular formula is C5H9N3. The van der Waals surface area contributed by atoms with Crippen molar-refractivity contribution >= 4 is 0 Å². The fourth-order valence-electron chi connectivity index (χ4n) is 0.742. The zero-order chi connectivity index (χ0) is 5.82. The van der Waals surface area contributed by atoms with E-state index in [1.165, 1.54) is 0 Å². The lowest BCUT2D eigenvalue weighted by Gasteiger charge is -2.17. The van der Waals surface area contributed by atoms with Crippen LogP contribution >= 0.6 is 0 Å². The van der Waals surface area contributed by atoms with Gasteiger partial charge in [-0.1, -0.05) is 0 Å². The molecule has 3 nitrogen and oxygen atoms in total. The topological polar surface area (TPSA) is 47.9 Å². The van der Waals surface area contributed by atoms with Crippen LogP contribution in [-0.4, -0.2) is 19.3 Å². The Kier molecular flexibility index (Phi) is 1.84. The molecule has 44 valence electrons. The third-order valence-electron chi connectivity index (χ3n) is 1.24. The van der Waals surface area contributed by atoms with E-state index in [1.807, 2.05) is 0 Å². The predicted octanol–water partition coefficient (Wildman–Crippen LogP) is -0.581. The van der Waals surface area contributed by atoms with Crippen molar-refractivity contribution < 1.29 is 0 Å². The molecule has 3 heteroatoms. The molecule has 0 aromatic carbocycles. The highest BCUT2D eigenvalue weighted by Crippen LogP contribution is 1.90. The largest absolute Gasteiger partial charge is 0.304 e. The molecule has 0 spiro atoms. The molecule has 0 bridgehead atoms. The van der Waals surface area contributed by atoms with Crippen LogP contribution in [0.1, 0.15) is 6.42 Å².